The van der Waals surface area contributed by atoms with Crippen molar-refractivity contribution in [1.29, 1.82) is 0 Å². The van der Waals surface area contributed by atoms with Gasteiger partial charge in [-0.05, 0) is 12.8 Å². The molecule has 0 radical (unpaired) electrons. The molecule has 0 rings (SSSR count). The SMILES string of the molecule is CCCCCCCCCCCCCCCCCCCCCCCCCCCCCCCCCCCCCCCCCCC(=O)NC(COP(=O)([O-])OCC[N+](C)(C)C)C(O)CCCCCCCCCCCC. The Kier molecular flexibility index (Phi) is 54.9. The lowest BCUT2D eigenvalue weighted by molar-refractivity contribution is -0.870. The van der Waals surface area contributed by atoms with E-state index in [1.807, 2.05) is 21.1 Å². The fourth-order valence-electron chi connectivity index (χ4n) is 10.3. The Bertz CT molecular complexity index is 1140. The number of quaternary nitrogens is 1. The summed E-state index contributed by atoms with van der Waals surface area (Å²) < 4.78 is 23.3. The first-order chi connectivity index (χ1) is 35.0. The van der Waals surface area contributed by atoms with Crippen LogP contribution in [0.25, 0.3) is 0 Å². The summed E-state index contributed by atoms with van der Waals surface area (Å²) in [6, 6.07) is -0.794. The van der Waals surface area contributed by atoms with E-state index in [2.05, 4.69) is 19.2 Å². The summed E-state index contributed by atoms with van der Waals surface area (Å²) in [4.78, 5) is 25.4. The highest BCUT2D eigenvalue weighted by Crippen LogP contribution is 2.38. The quantitative estimate of drug-likeness (QED) is 0.0357. The molecule has 8 nitrogen and oxygen atoms in total. The van der Waals surface area contributed by atoms with Gasteiger partial charge in [0.1, 0.15) is 13.2 Å². The number of hydrogen-bond donors (Lipinski definition) is 2. The first-order valence-corrected chi connectivity index (χ1v) is 33.8. The van der Waals surface area contributed by atoms with Gasteiger partial charge < -0.3 is 28.8 Å². The zero-order valence-corrected chi connectivity index (χ0v) is 50.3. The molecular weight excluding hydrogens is 912 g/mol. The van der Waals surface area contributed by atoms with Crippen LogP contribution in [0, 0.1) is 0 Å². The minimum absolute atomic E-state index is 0.0161. The molecule has 432 valence electrons. The van der Waals surface area contributed by atoms with E-state index in [4.69, 9.17) is 9.05 Å². The molecule has 0 spiro atoms. The number of aliphatic hydroxyl groups is 1. The van der Waals surface area contributed by atoms with Crippen molar-refractivity contribution < 1.29 is 32.9 Å². The van der Waals surface area contributed by atoms with E-state index in [1.165, 1.54) is 283 Å². The molecule has 72 heavy (non-hydrogen) atoms. The van der Waals surface area contributed by atoms with Crippen molar-refractivity contribution in [2.75, 3.05) is 40.9 Å². The van der Waals surface area contributed by atoms with Crippen LogP contribution in [-0.2, 0) is 18.4 Å². The molecule has 0 aromatic carbocycles. The molecule has 0 fully saturated rings. The number of nitrogens with one attached hydrogen (secondary N) is 1. The highest BCUT2D eigenvalue weighted by Gasteiger charge is 2.24. The molecule has 0 heterocycles. The minimum Gasteiger partial charge on any atom is -0.756 e. The second-order valence-electron chi connectivity index (χ2n) is 23.8. The normalized spacial score (nSPS) is 13.7. The summed E-state index contributed by atoms with van der Waals surface area (Å²) in [7, 11) is 1.32. The highest BCUT2D eigenvalue weighted by atomic mass is 31.2. The molecule has 0 saturated carbocycles. The highest BCUT2D eigenvalue weighted by molar-refractivity contribution is 7.45. The Morgan fingerprint density at radius 3 is 0.944 bits per heavy atom. The Labute approximate surface area is 450 Å². The number of phosphoric ester groups is 1. The maximum atomic E-state index is 12.9. The van der Waals surface area contributed by atoms with E-state index in [0.29, 0.717) is 23.9 Å². The summed E-state index contributed by atoms with van der Waals surface area (Å²) in [5.74, 6) is -0.158. The van der Waals surface area contributed by atoms with Crippen molar-refractivity contribution in [3.05, 3.63) is 0 Å². The number of hydrogen-bond acceptors (Lipinski definition) is 6. The van der Waals surface area contributed by atoms with Crippen molar-refractivity contribution in [3.8, 4) is 0 Å². The van der Waals surface area contributed by atoms with Crippen LogP contribution in [0.2, 0.25) is 0 Å². The first kappa shape index (κ1) is 71.5. The number of nitrogens with zero attached hydrogens (tertiary/aromatic N) is 1. The maximum absolute atomic E-state index is 12.9. The predicted octanol–water partition coefficient (Wildman–Crippen LogP) is 19.4. The summed E-state index contributed by atoms with van der Waals surface area (Å²) >= 11 is 0. The van der Waals surface area contributed by atoms with Gasteiger partial charge in [-0.1, -0.05) is 328 Å². The molecule has 3 unspecified atom stereocenters. The number of rotatable bonds is 61. The first-order valence-electron chi connectivity index (χ1n) is 32.4. The number of phosphoric acid groups is 1. The summed E-state index contributed by atoms with van der Waals surface area (Å²) in [6.07, 6.45) is 67.8. The molecule has 0 aliphatic heterocycles. The standard InChI is InChI=1S/C63H129N2O6P/c1-6-8-10-12-14-16-18-19-20-21-22-23-24-25-26-27-28-29-30-31-32-33-34-35-36-37-38-39-40-41-42-43-44-45-46-47-49-51-53-55-57-63(67)64-61(60-71-72(68,69)70-59-58-65(3,4)5)62(66)56-54-52-50-48-17-15-13-11-9-7-2/h61-62,66H,6-60H2,1-5H3,(H-,64,67,68,69). The molecule has 9 heteroatoms. The molecule has 3 atom stereocenters. The number of aliphatic hydroxyl groups excluding tert-OH is 1. The van der Waals surface area contributed by atoms with Gasteiger partial charge in [0.05, 0.1) is 39.9 Å². The second kappa shape index (κ2) is 55.3. The van der Waals surface area contributed by atoms with Crippen LogP contribution in [0.3, 0.4) is 0 Å². The van der Waals surface area contributed by atoms with Gasteiger partial charge in [-0.3, -0.25) is 9.36 Å². The van der Waals surface area contributed by atoms with Crippen molar-refractivity contribution in [1.82, 2.24) is 5.32 Å². The lowest BCUT2D eigenvalue weighted by Crippen LogP contribution is -2.46. The van der Waals surface area contributed by atoms with E-state index in [9.17, 15) is 19.4 Å². The zero-order chi connectivity index (χ0) is 52.7. The lowest BCUT2D eigenvalue weighted by Gasteiger charge is -2.30. The smallest absolute Gasteiger partial charge is 0.268 e. The topological polar surface area (TPSA) is 108 Å². The molecule has 1 amide bonds. The fraction of sp³-hybridized carbons (Fsp3) is 0.984. The zero-order valence-electron chi connectivity index (χ0n) is 49.4. The molecule has 0 aliphatic carbocycles. The molecule has 0 saturated heterocycles. The van der Waals surface area contributed by atoms with Crippen LogP contribution in [0.15, 0.2) is 0 Å². The molecular formula is C63H129N2O6P. The molecule has 0 aliphatic rings. The summed E-state index contributed by atoms with van der Waals surface area (Å²) in [5, 5.41) is 13.9. The van der Waals surface area contributed by atoms with Gasteiger partial charge in [-0.25, -0.2) is 0 Å². The van der Waals surface area contributed by atoms with Crippen LogP contribution < -0.4 is 10.2 Å². The van der Waals surface area contributed by atoms with Crippen LogP contribution in [0.1, 0.15) is 348 Å². The molecule has 2 N–H and O–H groups in total. The second-order valence-corrected chi connectivity index (χ2v) is 25.3. The third-order valence-electron chi connectivity index (χ3n) is 15.3. The molecule has 0 aromatic heterocycles. The van der Waals surface area contributed by atoms with Crippen molar-refractivity contribution in [2.24, 2.45) is 0 Å². The Morgan fingerprint density at radius 1 is 0.431 bits per heavy atom. The van der Waals surface area contributed by atoms with Crippen molar-refractivity contribution >= 4 is 13.7 Å². The maximum Gasteiger partial charge on any atom is 0.268 e. The summed E-state index contributed by atoms with van der Waals surface area (Å²) in [5.41, 5.74) is 0. The van der Waals surface area contributed by atoms with E-state index >= 15 is 0 Å². The lowest BCUT2D eigenvalue weighted by atomic mass is 10.0. The van der Waals surface area contributed by atoms with Gasteiger partial charge in [0.25, 0.3) is 7.82 Å². The third-order valence-corrected chi connectivity index (χ3v) is 16.3. The average molecular weight is 1040 g/mol. The largest absolute Gasteiger partial charge is 0.756 e. The van der Waals surface area contributed by atoms with Crippen LogP contribution in [0.5, 0.6) is 0 Å². The number of likely N-dealkylation sites (N-methyl/N-ethyl adjacent to an activating group) is 1. The molecule has 0 aromatic rings. The number of unbranched alkanes of at least 4 members (excludes halogenated alkanes) is 48. The van der Waals surface area contributed by atoms with Crippen LogP contribution >= 0.6 is 7.82 Å². The van der Waals surface area contributed by atoms with Crippen molar-refractivity contribution in [2.45, 2.75) is 360 Å². The number of carbonyl (C=O) groups excluding carboxylic acids is 1. The Balaban J connectivity index is 3.72. The van der Waals surface area contributed by atoms with Gasteiger partial charge in [0, 0.05) is 6.42 Å². The monoisotopic (exact) mass is 1040 g/mol. The van der Waals surface area contributed by atoms with Gasteiger partial charge in [-0.15, -0.1) is 0 Å². The third kappa shape index (κ3) is 57.2. The van der Waals surface area contributed by atoms with Gasteiger partial charge >= 0.3 is 0 Å². The fourth-order valence-corrected chi connectivity index (χ4v) is 11.0. The number of carbonyl (C=O) groups is 1. The van der Waals surface area contributed by atoms with E-state index in [-0.39, 0.29) is 19.1 Å². The average Bonchev–Trinajstić information content (AvgIpc) is 3.34. The number of amides is 1. The van der Waals surface area contributed by atoms with E-state index in [1.54, 1.807) is 0 Å². The Morgan fingerprint density at radius 2 is 0.681 bits per heavy atom. The summed E-state index contributed by atoms with van der Waals surface area (Å²) in [6.45, 7) is 4.75. The van der Waals surface area contributed by atoms with E-state index < -0.39 is 20.0 Å². The van der Waals surface area contributed by atoms with Gasteiger partial charge in [0.15, 0.2) is 0 Å². The van der Waals surface area contributed by atoms with Gasteiger partial charge in [0.2, 0.25) is 5.91 Å². The molecule has 0 bridgehead atoms. The minimum atomic E-state index is -4.56. The van der Waals surface area contributed by atoms with Crippen molar-refractivity contribution in [3.63, 3.8) is 0 Å². The van der Waals surface area contributed by atoms with Gasteiger partial charge in [-0.2, -0.15) is 0 Å². The van der Waals surface area contributed by atoms with Crippen LogP contribution in [-0.4, -0.2) is 68.5 Å². The van der Waals surface area contributed by atoms with Crippen LogP contribution in [0.4, 0.5) is 0 Å². The predicted molar refractivity (Wildman–Crippen MR) is 312 cm³/mol. The van der Waals surface area contributed by atoms with E-state index in [0.717, 1.165) is 38.5 Å². The Hall–Kier alpha value is -0.500.